The molecule has 0 atom stereocenters. The van der Waals surface area contributed by atoms with Gasteiger partial charge in [-0.2, -0.15) is 0 Å². The Morgan fingerprint density at radius 1 is 1.00 bits per heavy atom. The first-order valence-corrected chi connectivity index (χ1v) is 5.51. The summed E-state index contributed by atoms with van der Waals surface area (Å²) < 4.78 is 9.36. The van der Waals surface area contributed by atoms with Crippen LogP contribution in [0.5, 0.6) is 5.75 Å². The molecule has 5 nitrogen and oxygen atoms in total. The van der Waals surface area contributed by atoms with Crippen molar-refractivity contribution in [2.24, 2.45) is 0 Å². The smallest absolute Gasteiger partial charge is 0.338 e. The predicted octanol–water partition coefficient (Wildman–Crippen LogP) is 2.12. The maximum atomic E-state index is 11.8. The molecular formula is C14H12O5. The van der Waals surface area contributed by atoms with E-state index in [1.54, 1.807) is 18.2 Å². The molecule has 0 fully saturated rings. The molecule has 0 heterocycles. The molecule has 0 bridgehead atoms. The number of carbonyl (C=O) groups is 2. The Morgan fingerprint density at radius 2 is 1.63 bits per heavy atom. The quantitative estimate of drug-likeness (QED) is 0.837. The number of carbonyl (C=O) groups excluding carboxylic acids is 2. The van der Waals surface area contributed by atoms with Crippen molar-refractivity contribution in [2.45, 2.75) is 0 Å². The maximum absolute atomic E-state index is 11.8. The highest BCUT2D eigenvalue weighted by Crippen LogP contribution is 2.28. The van der Waals surface area contributed by atoms with Crippen molar-refractivity contribution in [3.8, 4) is 5.75 Å². The van der Waals surface area contributed by atoms with E-state index in [4.69, 9.17) is 0 Å². The minimum atomic E-state index is -0.628. The van der Waals surface area contributed by atoms with Gasteiger partial charge in [-0.3, -0.25) is 0 Å². The molecule has 5 heteroatoms. The van der Waals surface area contributed by atoms with E-state index in [0.717, 1.165) is 0 Å². The molecule has 0 spiro atoms. The summed E-state index contributed by atoms with van der Waals surface area (Å²) in [5.41, 5.74) is 0.374. The summed E-state index contributed by atoms with van der Waals surface area (Å²) in [4.78, 5) is 23.5. The van der Waals surface area contributed by atoms with Crippen molar-refractivity contribution >= 4 is 22.7 Å². The van der Waals surface area contributed by atoms with E-state index in [1.165, 1.54) is 26.4 Å². The molecule has 0 unspecified atom stereocenters. The largest absolute Gasteiger partial charge is 0.508 e. The van der Waals surface area contributed by atoms with Crippen molar-refractivity contribution in [3.05, 3.63) is 41.5 Å². The Bertz CT molecular complexity index is 660. The second-order valence-corrected chi connectivity index (χ2v) is 3.88. The summed E-state index contributed by atoms with van der Waals surface area (Å²) in [5, 5.41) is 10.6. The number of hydrogen-bond acceptors (Lipinski definition) is 5. The van der Waals surface area contributed by atoms with Gasteiger partial charge in [-0.1, -0.05) is 12.1 Å². The second kappa shape index (κ2) is 4.97. The fourth-order valence-corrected chi connectivity index (χ4v) is 1.96. The van der Waals surface area contributed by atoms with Gasteiger partial charge in [0.25, 0.3) is 0 Å². The van der Waals surface area contributed by atoms with Crippen molar-refractivity contribution in [1.82, 2.24) is 0 Å². The Balaban J connectivity index is 2.85. The highest BCUT2D eigenvalue weighted by Gasteiger charge is 2.18. The van der Waals surface area contributed by atoms with Crippen LogP contribution in [0.2, 0.25) is 0 Å². The lowest BCUT2D eigenvalue weighted by Gasteiger charge is -2.10. The van der Waals surface area contributed by atoms with Crippen molar-refractivity contribution in [1.29, 1.82) is 0 Å². The van der Waals surface area contributed by atoms with Crippen molar-refractivity contribution in [3.63, 3.8) is 0 Å². The number of hydrogen-bond donors (Lipinski definition) is 1. The number of phenolic OH excluding ortho intramolecular Hbond substituents is 1. The number of aromatic hydroxyl groups is 1. The van der Waals surface area contributed by atoms with Gasteiger partial charge in [0.05, 0.1) is 25.3 Å². The Hall–Kier alpha value is -2.56. The number of fused-ring (bicyclic) bond motifs is 1. The average Bonchev–Trinajstić information content (AvgIpc) is 2.43. The van der Waals surface area contributed by atoms with Crippen LogP contribution in [0.25, 0.3) is 10.8 Å². The standard InChI is InChI=1S/C14H12O5/c1-18-13(16)10-5-3-4-8-6-9(15)7-11(12(8)10)14(17)19-2/h3-7,15H,1-2H3. The number of benzene rings is 2. The summed E-state index contributed by atoms with van der Waals surface area (Å²) in [5.74, 6) is -1.26. The third-order valence-corrected chi connectivity index (χ3v) is 2.77. The summed E-state index contributed by atoms with van der Waals surface area (Å²) in [6.45, 7) is 0. The lowest BCUT2D eigenvalue weighted by molar-refractivity contribution is 0.0601. The molecule has 2 rings (SSSR count). The first-order chi connectivity index (χ1) is 9.08. The molecule has 0 amide bonds. The van der Waals surface area contributed by atoms with Crippen LogP contribution in [-0.4, -0.2) is 31.3 Å². The van der Waals surface area contributed by atoms with Crippen LogP contribution >= 0.6 is 0 Å². The van der Waals surface area contributed by atoms with Gasteiger partial charge in [-0.25, -0.2) is 9.59 Å². The van der Waals surface area contributed by atoms with E-state index >= 15 is 0 Å². The normalized spacial score (nSPS) is 10.2. The highest BCUT2D eigenvalue weighted by molar-refractivity contribution is 6.13. The van der Waals surface area contributed by atoms with Crippen LogP contribution < -0.4 is 0 Å². The number of rotatable bonds is 2. The van der Waals surface area contributed by atoms with Gasteiger partial charge in [0.2, 0.25) is 0 Å². The summed E-state index contributed by atoms with van der Waals surface area (Å²) in [7, 11) is 2.50. The molecule has 0 radical (unpaired) electrons. The average molecular weight is 260 g/mol. The molecule has 0 aliphatic rings. The Labute approximate surface area is 109 Å². The molecular weight excluding hydrogens is 248 g/mol. The van der Waals surface area contributed by atoms with E-state index in [0.29, 0.717) is 10.8 Å². The van der Waals surface area contributed by atoms with E-state index in [1.807, 2.05) is 0 Å². The maximum Gasteiger partial charge on any atom is 0.338 e. The minimum Gasteiger partial charge on any atom is -0.508 e. The van der Waals surface area contributed by atoms with Crippen LogP contribution in [0.3, 0.4) is 0 Å². The number of phenols is 1. The van der Waals surface area contributed by atoms with E-state index in [9.17, 15) is 14.7 Å². The Morgan fingerprint density at radius 3 is 2.26 bits per heavy atom. The summed E-state index contributed by atoms with van der Waals surface area (Å²) in [6, 6.07) is 7.62. The minimum absolute atomic E-state index is 0.0742. The van der Waals surface area contributed by atoms with Gasteiger partial charge in [-0.15, -0.1) is 0 Å². The van der Waals surface area contributed by atoms with Crippen LogP contribution in [0.4, 0.5) is 0 Å². The lowest BCUT2D eigenvalue weighted by atomic mass is 9.98. The van der Waals surface area contributed by atoms with Crippen LogP contribution in [0, 0.1) is 0 Å². The first-order valence-electron chi connectivity index (χ1n) is 5.51. The third-order valence-electron chi connectivity index (χ3n) is 2.77. The molecule has 0 aromatic heterocycles. The molecule has 0 aliphatic carbocycles. The summed E-state index contributed by atoms with van der Waals surface area (Å²) >= 11 is 0. The molecule has 98 valence electrons. The zero-order valence-corrected chi connectivity index (χ0v) is 10.5. The molecule has 0 saturated carbocycles. The fraction of sp³-hybridized carbons (Fsp3) is 0.143. The number of methoxy groups -OCH3 is 2. The van der Waals surface area contributed by atoms with Gasteiger partial charge < -0.3 is 14.6 Å². The number of ether oxygens (including phenoxy) is 2. The molecule has 19 heavy (non-hydrogen) atoms. The zero-order chi connectivity index (χ0) is 14.0. The molecule has 0 saturated heterocycles. The topological polar surface area (TPSA) is 72.8 Å². The van der Waals surface area contributed by atoms with Gasteiger partial charge >= 0.3 is 11.9 Å². The Kier molecular flexibility index (Phi) is 3.37. The fourth-order valence-electron chi connectivity index (χ4n) is 1.96. The van der Waals surface area contributed by atoms with Gasteiger partial charge in [0.1, 0.15) is 5.75 Å². The van der Waals surface area contributed by atoms with Gasteiger partial charge in [0.15, 0.2) is 0 Å². The van der Waals surface area contributed by atoms with E-state index < -0.39 is 11.9 Å². The van der Waals surface area contributed by atoms with Crippen LogP contribution in [-0.2, 0) is 9.47 Å². The zero-order valence-electron chi connectivity index (χ0n) is 10.5. The van der Waals surface area contributed by atoms with Crippen LogP contribution in [0.1, 0.15) is 20.7 Å². The SMILES string of the molecule is COC(=O)c1cccc2cc(O)cc(C(=O)OC)c12. The molecule has 2 aromatic carbocycles. The number of esters is 2. The van der Waals surface area contributed by atoms with E-state index in [-0.39, 0.29) is 16.9 Å². The van der Waals surface area contributed by atoms with E-state index in [2.05, 4.69) is 9.47 Å². The third kappa shape index (κ3) is 2.22. The second-order valence-electron chi connectivity index (χ2n) is 3.88. The first kappa shape index (κ1) is 12.9. The summed E-state index contributed by atoms with van der Waals surface area (Å²) in [6.07, 6.45) is 0. The lowest BCUT2D eigenvalue weighted by Crippen LogP contribution is -2.07. The molecule has 1 N–H and O–H groups in total. The highest BCUT2D eigenvalue weighted by atomic mass is 16.5. The van der Waals surface area contributed by atoms with Crippen LogP contribution in [0.15, 0.2) is 30.3 Å². The molecule has 0 aliphatic heterocycles. The van der Waals surface area contributed by atoms with Gasteiger partial charge in [-0.05, 0) is 23.6 Å². The predicted molar refractivity (Wildman–Crippen MR) is 68.3 cm³/mol. The monoisotopic (exact) mass is 260 g/mol. The van der Waals surface area contributed by atoms with Crippen molar-refractivity contribution < 1.29 is 24.2 Å². The van der Waals surface area contributed by atoms with Gasteiger partial charge in [0, 0.05) is 5.39 Å². The van der Waals surface area contributed by atoms with Crippen molar-refractivity contribution in [2.75, 3.05) is 14.2 Å². The molecule has 2 aromatic rings.